The molecule has 0 fully saturated rings. The fourth-order valence-corrected chi connectivity index (χ4v) is 3.01. The first-order valence-electron chi connectivity index (χ1n) is 5.85. The molecule has 1 aromatic heterocycles. The standard InChI is InChI=1S/C14H14BrClN2O/c1-9-3-4-11(13(16)5-9)12(15)6-10-7-14(19-2)18-8-17-10/h3-5,7-8,12H,6H2,1-2H3. The third-order valence-corrected chi connectivity index (χ3v) is 3.93. The Balaban J connectivity index is 2.17. The molecule has 1 unspecified atom stereocenters. The average Bonchev–Trinajstić information content (AvgIpc) is 2.38. The van der Waals surface area contributed by atoms with Gasteiger partial charge < -0.3 is 4.74 Å². The number of alkyl halides is 1. The molecule has 0 saturated heterocycles. The molecular weight excluding hydrogens is 328 g/mol. The monoisotopic (exact) mass is 340 g/mol. The lowest BCUT2D eigenvalue weighted by atomic mass is 10.1. The topological polar surface area (TPSA) is 35.0 Å². The Labute approximate surface area is 126 Å². The molecule has 0 N–H and O–H groups in total. The van der Waals surface area contributed by atoms with Gasteiger partial charge in [-0.15, -0.1) is 0 Å². The summed E-state index contributed by atoms with van der Waals surface area (Å²) in [5.74, 6) is 0.569. The number of nitrogens with zero attached hydrogens (tertiary/aromatic N) is 2. The van der Waals surface area contributed by atoms with Gasteiger partial charge in [0.05, 0.1) is 7.11 Å². The van der Waals surface area contributed by atoms with Crippen molar-refractivity contribution in [2.45, 2.75) is 18.2 Å². The summed E-state index contributed by atoms with van der Waals surface area (Å²) < 4.78 is 5.09. The lowest BCUT2D eigenvalue weighted by Crippen LogP contribution is -2.00. The molecule has 0 radical (unpaired) electrons. The van der Waals surface area contributed by atoms with E-state index in [0.29, 0.717) is 5.88 Å². The summed E-state index contributed by atoms with van der Waals surface area (Å²) in [7, 11) is 1.59. The van der Waals surface area contributed by atoms with Crippen molar-refractivity contribution >= 4 is 27.5 Å². The van der Waals surface area contributed by atoms with E-state index in [1.165, 1.54) is 6.33 Å². The highest BCUT2D eigenvalue weighted by Gasteiger charge is 2.13. The van der Waals surface area contributed by atoms with Crippen LogP contribution in [0.4, 0.5) is 0 Å². The SMILES string of the molecule is COc1cc(CC(Br)c2ccc(C)cc2Cl)ncn1. The van der Waals surface area contributed by atoms with E-state index in [1.54, 1.807) is 7.11 Å². The maximum absolute atomic E-state index is 6.26. The van der Waals surface area contributed by atoms with Crippen LogP contribution in [0.25, 0.3) is 0 Å². The van der Waals surface area contributed by atoms with Crippen molar-refractivity contribution in [2.24, 2.45) is 0 Å². The van der Waals surface area contributed by atoms with E-state index in [4.69, 9.17) is 16.3 Å². The predicted molar refractivity (Wildman–Crippen MR) is 80.1 cm³/mol. The molecule has 0 saturated carbocycles. The van der Waals surface area contributed by atoms with Crippen molar-refractivity contribution < 1.29 is 4.74 Å². The second kappa shape index (κ2) is 6.35. The molecule has 100 valence electrons. The Hall–Kier alpha value is -1.13. The number of aryl methyl sites for hydroxylation is 1. The zero-order valence-electron chi connectivity index (χ0n) is 10.7. The summed E-state index contributed by atoms with van der Waals surface area (Å²) in [6, 6.07) is 7.88. The molecule has 2 rings (SSSR count). The number of hydrogen-bond acceptors (Lipinski definition) is 3. The largest absolute Gasteiger partial charge is 0.481 e. The molecule has 1 heterocycles. The maximum atomic E-state index is 6.26. The van der Waals surface area contributed by atoms with Crippen molar-refractivity contribution in [1.82, 2.24) is 9.97 Å². The van der Waals surface area contributed by atoms with Crippen LogP contribution in [-0.2, 0) is 6.42 Å². The quantitative estimate of drug-likeness (QED) is 0.784. The first kappa shape index (κ1) is 14.3. The fraction of sp³-hybridized carbons (Fsp3) is 0.286. The van der Waals surface area contributed by atoms with Crippen LogP contribution < -0.4 is 4.74 Å². The van der Waals surface area contributed by atoms with E-state index < -0.39 is 0 Å². The Morgan fingerprint density at radius 1 is 1.32 bits per heavy atom. The van der Waals surface area contributed by atoms with Gasteiger partial charge in [0.25, 0.3) is 0 Å². The van der Waals surface area contributed by atoms with E-state index in [1.807, 2.05) is 25.1 Å². The van der Waals surface area contributed by atoms with E-state index in [0.717, 1.165) is 28.3 Å². The second-order valence-corrected chi connectivity index (χ2v) is 5.76. The van der Waals surface area contributed by atoms with E-state index >= 15 is 0 Å². The molecule has 0 aliphatic carbocycles. The average molecular weight is 342 g/mol. The van der Waals surface area contributed by atoms with Crippen molar-refractivity contribution in [1.29, 1.82) is 0 Å². The van der Waals surface area contributed by atoms with E-state index in [-0.39, 0.29) is 4.83 Å². The highest BCUT2D eigenvalue weighted by molar-refractivity contribution is 9.09. The molecule has 3 nitrogen and oxygen atoms in total. The first-order chi connectivity index (χ1) is 9.10. The van der Waals surface area contributed by atoms with Crippen molar-refractivity contribution in [3.05, 3.63) is 52.4 Å². The molecular formula is C14H14BrClN2O. The summed E-state index contributed by atoms with van der Waals surface area (Å²) in [5.41, 5.74) is 3.12. The lowest BCUT2D eigenvalue weighted by Gasteiger charge is -2.12. The van der Waals surface area contributed by atoms with Crippen LogP contribution in [0.15, 0.2) is 30.6 Å². The molecule has 0 amide bonds. The number of rotatable bonds is 4. The highest BCUT2D eigenvalue weighted by Crippen LogP contribution is 2.32. The van der Waals surface area contributed by atoms with Crippen LogP contribution in [0.5, 0.6) is 5.88 Å². The molecule has 5 heteroatoms. The van der Waals surface area contributed by atoms with Gasteiger partial charge in [0.15, 0.2) is 0 Å². The normalized spacial score (nSPS) is 12.2. The summed E-state index contributed by atoms with van der Waals surface area (Å²) in [6.45, 7) is 2.02. The minimum Gasteiger partial charge on any atom is -0.481 e. The Morgan fingerprint density at radius 3 is 2.79 bits per heavy atom. The highest BCUT2D eigenvalue weighted by atomic mass is 79.9. The van der Waals surface area contributed by atoms with Gasteiger partial charge in [-0.2, -0.15) is 0 Å². The van der Waals surface area contributed by atoms with Gasteiger partial charge in [-0.05, 0) is 24.1 Å². The first-order valence-corrected chi connectivity index (χ1v) is 7.14. The maximum Gasteiger partial charge on any atom is 0.216 e. The summed E-state index contributed by atoms with van der Waals surface area (Å²) >= 11 is 9.92. The summed E-state index contributed by atoms with van der Waals surface area (Å²) in [4.78, 5) is 8.34. The summed E-state index contributed by atoms with van der Waals surface area (Å²) in [6.07, 6.45) is 2.23. The van der Waals surface area contributed by atoms with E-state index in [2.05, 4.69) is 32.0 Å². The van der Waals surface area contributed by atoms with Crippen LogP contribution in [0.1, 0.15) is 21.6 Å². The van der Waals surface area contributed by atoms with Gasteiger partial charge in [-0.3, -0.25) is 0 Å². The number of hydrogen-bond donors (Lipinski definition) is 0. The van der Waals surface area contributed by atoms with Gasteiger partial charge in [-0.1, -0.05) is 39.7 Å². The van der Waals surface area contributed by atoms with Crippen LogP contribution in [0.2, 0.25) is 5.02 Å². The number of ether oxygens (including phenoxy) is 1. The third-order valence-electron chi connectivity index (χ3n) is 2.79. The molecule has 1 aromatic carbocycles. The molecule has 0 aliphatic rings. The van der Waals surface area contributed by atoms with Crippen LogP contribution >= 0.6 is 27.5 Å². The van der Waals surface area contributed by atoms with Crippen molar-refractivity contribution in [3.63, 3.8) is 0 Å². The van der Waals surface area contributed by atoms with Crippen molar-refractivity contribution in [2.75, 3.05) is 7.11 Å². The molecule has 2 aromatic rings. The van der Waals surface area contributed by atoms with Crippen LogP contribution in [-0.4, -0.2) is 17.1 Å². The zero-order valence-corrected chi connectivity index (χ0v) is 13.1. The molecule has 19 heavy (non-hydrogen) atoms. The Bertz CT molecular complexity index is 577. The van der Waals surface area contributed by atoms with Crippen LogP contribution in [0, 0.1) is 6.92 Å². The number of aromatic nitrogens is 2. The smallest absolute Gasteiger partial charge is 0.216 e. The fourth-order valence-electron chi connectivity index (χ4n) is 1.78. The number of halogens is 2. The van der Waals surface area contributed by atoms with Gasteiger partial charge >= 0.3 is 0 Å². The Morgan fingerprint density at radius 2 is 2.11 bits per heavy atom. The van der Waals surface area contributed by atoms with Crippen LogP contribution in [0.3, 0.4) is 0 Å². The van der Waals surface area contributed by atoms with E-state index in [9.17, 15) is 0 Å². The zero-order chi connectivity index (χ0) is 13.8. The summed E-state index contributed by atoms with van der Waals surface area (Å²) in [5, 5.41) is 0.767. The number of benzene rings is 1. The van der Waals surface area contributed by atoms with Gasteiger partial charge in [0.2, 0.25) is 5.88 Å². The minimum absolute atomic E-state index is 0.111. The molecule has 0 aliphatic heterocycles. The predicted octanol–water partition coefficient (Wildman–Crippen LogP) is 4.13. The lowest BCUT2D eigenvalue weighted by molar-refractivity contribution is 0.396. The molecule has 0 spiro atoms. The Kier molecular flexibility index (Phi) is 4.77. The molecule has 0 bridgehead atoms. The van der Waals surface area contributed by atoms with Gasteiger partial charge in [0.1, 0.15) is 6.33 Å². The van der Waals surface area contributed by atoms with Crippen molar-refractivity contribution in [3.8, 4) is 5.88 Å². The minimum atomic E-state index is 0.111. The molecule has 1 atom stereocenters. The van der Waals surface area contributed by atoms with Gasteiger partial charge in [-0.25, -0.2) is 9.97 Å². The second-order valence-electron chi connectivity index (χ2n) is 4.25. The third kappa shape index (κ3) is 3.67. The number of methoxy groups -OCH3 is 1. The van der Waals surface area contributed by atoms with Gasteiger partial charge in [0, 0.05) is 28.0 Å².